The molecule has 1 N–H and O–H groups in total. The first kappa shape index (κ1) is 15.9. The predicted octanol–water partition coefficient (Wildman–Crippen LogP) is 2.84. The van der Waals surface area contributed by atoms with E-state index < -0.39 is 23.6 Å². The number of rotatable bonds is 5. The van der Waals surface area contributed by atoms with Gasteiger partial charge in [0.1, 0.15) is 12.1 Å². The topological polar surface area (TPSA) is 62.1 Å². The molecule has 0 saturated carbocycles. The van der Waals surface area contributed by atoms with Crippen LogP contribution in [-0.2, 0) is 9.53 Å². The Balaban J connectivity index is 3.03. The Morgan fingerprint density at radius 3 is 2.55 bits per heavy atom. The van der Waals surface area contributed by atoms with Gasteiger partial charge in [0.25, 0.3) is 0 Å². The largest absolute Gasteiger partial charge is 0.467 e. The smallest absolute Gasteiger partial charge is 0.328 e. The summed E-state index contributed by atoms with van der Waals surface area (Å²) in [6.07, 6.45) is 0.410. The fourth-order valence-electron chi connectivity index (χ4n) is 1.76. The molecule has 108 valence electrons. The summed E-state index contributed by atoms with van der Waals surface area (Å²) < 4.78 is 31.9. The highest BCUT2D eigenvalue weighted by molar-refractivity contribution is 5.79. The molecule has 0 amide bonds. The van der Waals surface area contributed by atoms with Crippen LogP contribution in [0.15, 0.2) is 12.1 Å². The maximum atomic E-state index is 13.8. The van der Waals surface area contributed by atoms with Crippen LogP contribution in [0.2, 0.25) is 0 Å². The summed E-state index contributed by atoms with van der Waals surface area (Å²) in [5.74, 6) is -2.80. The normalized spacial score (nSPS) is 11.8. The van der Waals surface area contributed by atoms with Gasteiger partial charge in [-0.1, -0.05) is 13.8 Å². The van der Waals surface area contributed by atoms with Crippen molar-refractivity contribution in [2.45, 2.75) is 26.3 Å². The molecule has 0 aromatic heterocycles. The van der Waals surface area contributed by atoms with Crippen molar-refractivity contribution in [2.24, 2.45) is 5.92 Å². The van der Waals surface area contributed by atoms with Crippen molar-refractivity contribution in [3.05, 3.63) is 29.3 Å². The Morgan fingerprint density at radius 1 is 1.40 bits per heavy atom. The van der Waals surface area contributed by atoms with E-state index >= 15 is 0 Å². The van der Waals surface area contributed by atoms with Crippen LogP contribution in [0.5, 0.6) is 0 Å². The highest BCUT2D eigenvalue weighted by Crippen LogP contribution is 2.22. The molecule has 0 aliphatic rings. The molecular formula is C14H16F2N2O2. The number of carbonyl (C=O) groups excluding carboxylic acids is 1. The zero-order valence-electron chi connectivity index (χ0n) is 11.5. The molecule has 1 atom stereocenters. The van der Waals surface area contributed by atoms with Crippen LogP contribution in [0.1, 0.15) is 25.8 Å². The van der Waals surface area contributed by atoms with E-state index in [-0.39, 0.29) is 17.2 Å². The minimum atomic E-state index is -1.23. The first-order valence-electron chi connectivity index (χ1n) is 6.13. The van der Waals surface area contributed by atoms with E-state index in [4.69, 9.17) is 5.26 Å². The number of hydrogen-bond acceptors (Lipinski definition) is 4. The molecular weight excluding hydrogens is 266 g/mol. The van der Waals surface area contributed by atoms with Crippen LogP contribution in [0.4, 0.5) is 14.5 Å². The Hall–Kier alpha value is -2.16. The molecule has 20 heavy (non-hydrogen) atoms. The van der Waals surface area contributed by atoms with E-state index in [9.17, 15) is 13.6 Å². The number of hydrogen-bond donors (Lipinski definition) is 1. The first-order valence-corrected chi connectivity index (χ1v) is 6.13. The molecule has 1 rings (SSSR count). The highest BCUT2D eigenvalue weighted by Gasteiger charge is 2.23. The lowest BCUT2D eigenvalue weighted by molar-refractivity contribution is -0.141. The van der Waals surface area contributed by atoms with E-state index in [2.05, 4.69) is 10.1 Å². The van der Waals surface area contributed by atoms with Crippen molar-refractivity contribution in [3.8, 4) is 6.07 Å². The molecule has 1 unspecified atom stereocenters. The Labute approximate surface area is 116 Å². The van der Waals surface area contributed by atoms with Crippen LogP contribution < -0.4 is 5.32 Å². The molecule has 1 aromatic rings. The summed E-state index contributed by atoms with van der Waals surface area (Å²) in [4.78, 5) is 11.6. The molecule has 6 heteroatoms. The maximum absolute atomic E-state index is 13.8. The number of nitrogens with one attached hydrogen (secondary N) is 1. The van der Waals surface area contributed by atoms with E-state index in [1.807, 2.05) is 13.8 Å². The van der Waals surface area contributed by atoms with Gasteiger partial charge in [0.15, 0.2) is 11.6 Å². The third-order valence-corrected chi connectivity index (χ3v) is 2.73. The average molecular weight is 282 g/mol. The Morgan fingerprint density at radius 2 is 2.05 bits per heavy atom. The number of nitriles is 1. The quantitative estimate of drug-likeness (QED) is 0.843. The molecule has 0 saturated heterocycles. The summed E-state index contributed by atoms with van der Waals surface area (Å²) in [5.41, 5.74) is -0.552. The van der Waals surface area contributed by atoms with E-state index in [0.717, 1.165) is 6.07 Å². The summed E-state index contributed by atoms with van der Waals surface area (Å²) in [6, 6.07) is 3.16. The second-order valence-corrected chi connectivity index (χ2v) is 4.75. The summed E-state index contributed by atoms with van der Waals surface area (Å²) >= 11 is 0. The van der Waals surface area contributed by atoms with Crippen molar-refractivity contribution >= 4 is 11.7 Å². The molecule has 4 nitrogen and oxygen atoms in total. The fourth-order valence-corrected chi connectivity index (χ4v) is 1.76. The van der Waals surface area contributed by atoms with Gasteiger partial charge in [-0.3, -0.25) is 0 Å². The molecule has 0 aliphatic heterocycles. The molecule has 0 aliphatic carbocycles. The molecule has 0 fully saturated rings. The van der Waals surface area contributed by atoms with E-state index in [0.29, 0.717) is 6.42 Å². The monoisotopic (exact) mass is 282 g/mol. The van der Waals surface area contributed by atoms with E-state index in [1.54, 1.807) is 6.07 Å². The number of methoxy groups -OCH3 is 1. The maximum Gasteiger partial charge on any atom is 0.328 e. The van der Waals surface area contributed by atoms with Crippen LogP contribution in [0.3, 0.4) is 0 Å². The summed E-state index contributed by atoms with van der Waals surface area (Å²) in [5, 5.41) is 11.2. The third kappa shape index (κ3) is 3.67. The Kier molecular flexibility index (Phi) is 5.44. The van der Waals surface area contributed by atoms with Crippen molar-refractivity contribution in [2.75, 3.05) is 12.4 Å². The van der Waals surface area contributed by atoms with Crippen LogP contribution in [0.25, 0.3) is 0 Å². The van der Waals surface area contributed by atoms with Crippen molar-refractivity contribution < 1.29 is 18.3 Å². The molecule has 0 spiro atoms. The summed E-state index contributed by atoms with van der Waals surface area (Å²) in [6.45, 7) is 3.79. The van der Waals surface area contributed by atoms with Gasteiger partial charge in [0.05, 0.1) is 18.4 Å². The predicted molar refractivity (Wildman–Crippen MR) is 70.0 cm³/mol. The number of esters is 1. The van der Waals surface area contributed by atoms with Gasteiger partial charge < -0.3 is 10.1 Å². The minimum Gasteiger partial charge on any atom is -0.467 e. The van der Waals surface area contributed by atoms with Gasteiger partial charge >= 0.3 is 5.97 Å². The lowest BCUT2D eigenvalue weighted by Crippen LogP contribution is -2.32. The molecule has 0 heterocycles. The molecule has 0 radical (unpaired) electrons. The molecule has 1 aromatic carbocycles. The number of benzene rings is 1. The SMILES string of the molecule is COC(=O)C(CC(C)C)Nc1ccc(C#N)c(F)c1F. The van der Waals surface area contributed by atoms with Crippen molar-refractivity contribution in [1.82, 2.24) is 0 Å². The van der Waals surface area contributed by atoms with Crippen LogP contribution in [-0.4, -0.2) is 19.1 Å². The summed E-state index contributed by atoms with van der Waals surface area (Å²) in [7, 11) is 1.23. The minimum absolute atomic E-state index is 0.165. The molecule has 0 bridgehead atoms. The van der Waals surface area contributed by atoms with Crippen molar-refractivity contribution in [1.29, 1.82) is 5.26 Å². The lowest BCUT2D eigenvalue weighted by atomic mass is 10.0. The second kappa shape index (κ2) is 6.85. The third-order valence-electron chi connectivity index (χ3n) is 2.73. The van der Waals surface area contributed by atoms with Gasteiger partial charge in [0.2, 0.25) is 0 Å². The van der Waals surface area contributed by atoms with Gasteiger partial charge in [-0.05, 0) is 24.5 Å². The lowest BCUT2D eigenvalue weighted by Gasteiger charge is -2.20. The first-order chi connectivity index (χ1) is 9.40. The zero-order chi connectivity index (χ0) is 15.3. The van der Waals surface area contributed by atoms with Gasteiger partial charge in [-0.2, -0.15) is 5.26 Å². The number of anilines is 1. The fraction of sp³-hybridized carbons (Fsp3) is 0.429. The van der Waals surface area contributed by atoms with E-state index in [1.165, 1.54) is 13.2 Å². The number of nitrogens with zero attached hydrogens (tertiary/aromatic N) is 1. The highest BCUT2D eigenvalue weighted by atomic mass is 19.2. The second-order valence-electron chi connectivity index (χ2n) is 4.75. The van der Waals surface area contributed by atoms with Gasteiger partial charge in [-0.25, -0.2) is 13.6 Å². The van der Waals surface area contributed by atoms with Crippen LogP contribution in [0, 0.1) is 28.9 Å². The number of carbonyl (C=O) groups is 1. The van der Waals surface area contributed by atoms with Gasteiger partial charge in [-0.15, -0.1) is 0 Å². The zero-order valence-corrected chi connectivity index (χ0v) is 11.5. The standard InChI is InChI=1S/C14H16F2N2O2/c1-8(2)6-11(14(19)20-3)18-10-5-4-9(7-17)12(15)13(10)16/h4-5,8,11,18H,6H2,1-3H3. The van der Waals surface area contributed by atoms with Crippen molar-refractivity contribution in [3.63, 3.8) is 0 Å². The Bertz CT molecular complexity index is 539. The van der Waals surface area contributed by atoms with Crippen LogP contribution >= 0.6 is 0 Å². The van der Waals surface area contributed by atoms with Gasteiger partial charge in [0, 0.05) is 0 Å². The average Bonchev–Trinajstić information content (AvgIpc) is 2.41. The number of ether oxygens (including phenoxy) is 1. The number of halogens is 2.